The van der Waals surface area contributed by atoms with E-state index >= 15 is 0 Å². The smallest absolute Gasteiger partial charge is 0.244 e. The van der Waals surface area contributed by atoms with Crippen LogP contribution in [0.3, 0.4) is 0 Å². The molecule has 0 fully saturated rings. The number of imidazole rings is 1. The molecular weight excluding hydrogens is 258 g/mol. The number of aryl methyl sites for hydroxylation is 1. The van der Waals surface area contributed by atoms with Crippen LogP contribution in [-0.4, -0.2) is 22.6 Å². The van der Waals surface area contributed by atoms with E-state index in [4.69, 9.17) is 0 Å². The van der Waals surface area contributed by atoms with Crippen molar-refractivity contribution in [3.8, 4) is 0 Å². The Morgan fingerprint density at radius 2 is 1.48 bits per heavy atom. The third-order valence-electron chi connectivity index (χ3n) is 4.27. The Morgan fingerprint density at radius 1 is 0.857 bits per heavy atom. The molecule has 0 bridgehead atoms. The monoisotopic (exact) mass is 294 g/mol. The van der Waals surface area contributed by atoms with Crippen LogP contribution in [0, 0.1) is 0 Å². The lowest BCUT2D eigenvalue weighted by Crippen LogP contribution is -2.42. The molecule has 0 N–H and O–H groups in total. The fraction of sp³-hybridized carbons (Fsp3) is 0.833. The van der Waals surface area contributed by atoms with Gasteiger partial charge in [0.25, 0.3) is 0 Å². The molecule has 1 aromatic rings. The molecule has 1 rings (SSSR count). The molecule has 0 amide bonds. The predicted octanol–water partition coefficient (Wildman–Crippen LogP) is 4.22. The summed E-state index contributed by atoms with van der Waals surface area (Å²) in [4.78, 5) is 2.43. The molecular formula is C18H36N3+. The molecule has 3 nitrogen and oxygen atoms in total. The van der Waals surface area contributed by atoms with Crippen LogP contribution in [0.15, 0.2) is 18.7 Å². The van der Waals surface area contributed by atoms with Crippen molar-refractivity contribution in [3.63, 3.8) is 0 Å². The number of unbranched alkanes of at least 4 members (excludes halogenated alkanes) is 7. The maximum absolute atomic E-state index is 2.43. The second kappa shape index (κ2) is 11.8. The average Bonchev–Trinajstić information content (AvgIpc) is 2.95. The molecule has 3 heteroatoms. The van der Waals surface area contributed by atoms with Crippen molar-refractivity contribution in [1.82, 2.24) is 9.47 Å². The van der Waals surface area contributed by atoms with Crippen LogP contribution in [0.1, 0.15) is 72.1 Å². The van der Waals surface area contributed by atoms with Crippen LogP contribution < -0.4 is 4.57 Å². The summed E-state index contributed by atoms with van der Waals surface area (Å²) in [6.45, 7) is 11.1. The molecule has 0 saturated heterocycles. The summed E-state index contributed by atoms with van der Waals surface area (Å²) in [6, 6.07) is 0. The van der Waals surface area contributed by atoms with Gasteiger partial charge in [0.05, 0.1) is 6.54 Å². The van der Waals surface area contributed by atoms with Gasteiger partial charge in [-0.25, -0.2) is 9.13 Å². The van der Waals surface area contributed by atoms with E-state index in [1.807, 2.05) is 0 Å². The van der Waals surface area contributed by atoms with Gasteiger partial charge in [-0.1, -0.05) is 59.3 Å². The van der Waals surface area contributed by atoms with Crippen molar-refractivity contribution in [1.29, 1.82) is 0 Å². The molecule has 0 radical (unpaired) electrons. The van der Waals surface area contributed by atoms with Gasteiger partial charge in [0.1, 0.15) is 19.1 Å². The number of hydrogen-bond donors (Lipinski definition) is 0. The minimum atomic E-state index is 1.01. The van der Waals surface area contributed by atoms with E-state index in [0.717, 1.165) is 19.8 Å². The van der Waals surface area contributed by atoms with E-state index in [1.54, 1.807) is 0 Å². The fourth-order valence-corrected chi connectivity index (χ4v) is 2.74. The molecule has 1 heterocycles. The molecule has 0 saturated carbocycles. The quantitative estimate of drug-likeness (QED) is 0.392. The standard InChI is InChI=1S/C18H36N3/c1-4-7-8-9-10-11-12-13-14-20-15-16-21(18-20)17-19(5-2)6-3/h15-16,18H,4-14,17H2,1-3H3/q+1. The first kappa shape index (κ1) is 18.2. The van der Waals surface area contributed by atoms with E-state index < -0.39 is 0 Å². The number of hydrogen-bond acceptors (Lipinski definition) is 1. The number of aromatic nitrogens is 2. The van der Waals surface area contributed by atoms with Crippen molar-refractivity contribution in [2.24, 2.45) is 0 Å². The minimum Gasteiger partial charge on any atom is -0.268 e. The molecule has 0 aliphatic rings. The first-order valence-electron chi connectivity index (χ1n) is 9.07. The van der Waals surface area contributed by atoms with E-state index in [-0.39, 0.29) is 0 Å². The zero-order chi connectivity index (χ0) is 15.3. The summed E-state index contributed by atoms with van der Waals surface area (Å²) in [5, 5.41) is 0. The highest BCUT2D eigenvalue weighted by atomic mass is 15.3. The van der Waals surface area contributed by atoms with Crippen LogP contribution >= 0.6 is 0 Å². The van der Waals surface area contributed by atoms with Gasteiger partial charge < -0.3 is 0 Å². The summed E-state index contributed by atoms with van der Waals surface area (Å²) in [5.41, 5.74) is 0. The van der Waals surface area contributed by atoms with Crippen molar-refractivity contribution < 1.29 is 4.57 Å². The largest absolute Gasteiger partial charge is 0.268 e. The van der Waals surface area contributed by atoms with Crippen LogP contribution in [0.25, 0.3) is 0 Å². The molecule has 0 aromatic carbocycles. The van der Waals surface area contributed by atoms with Gasteiger partial charge in [0.2, 0.25) is 6.33 Å². The molecule has 0 aliphatic carbocycles. The van der Waals surface area contributed by atoms with E-state index in [9.17, 15) is 0 Å². The zero-order valence-electron chi connectivity index (χ0n) is 14.6. The Morgan fingerprint density at radius 3 is 2.10 bits per heavy atom. The van der Waals surface area contributed by atoms with Gasteiger partial charge in [-0.15, -0.1) is 0 Å². The Hall–Kier alpha value is -0.830. The Labute approximate surface area is 132 Å². The van der Waals surface area contributed by atoms with Crippen molar-refractivity contribution >= 4 is 0 Å². The van der Waals surface area contributed by atoms with Crippen LogP contribution in [0.2, 0.25) is 0 Å². The Balaban J connectivity index is 2.09. The van der Waals surface area contributed by atoms with Gasteiger partial charge in [-0.3, -0.25) is 4.90 Å². The van der Waals surface area contributed by atoms with Crippen LogP contribution in [0.5, 0.6) is 0 Å². The maximum Gasteiger partial charge on any atom is 0.244 e. The summed E-state index contributed by atoms with van der Waals surface area (Å²) in [7, 11) is 0. The maximum atomic E-state index is 2.43. The van der Waals surface area contributed by atoms with Crippen LogP contribution in [0.4, 0.5) is 0 Å². The highest BCUT2D eigenvalue weighted by Crippen LogP contribution is 2.08. The molecule has 21 heavy (non-hydrogen) atoms. The minimum absolute atomic E-state index is 1.01. The molecule has 0 spiro atoms. The lowest BCUT2D eigenvalue weighted by atomic mass is 10.1. The average molecular weight is 295 g/mol. The highest BCUT2D eigenvalue weighted by molar-refractivity contribution is 4.66. The second-order valence-electron chi connectivity index (χ2n) is 6.09. The predicted molar refractivity (Wildman–Crippen MR) is 90.2 cm³/mol. The first-order valence-corrected chi connectivity index (χ1v) is 9.07. The van der Waals surface area contributed by atoms with E-state index in [2.05, 4.69) is 53.5 Å². The van der Waals surface area contributed by atoms with Crippen molar-refractivity contribution in [2.75, 3.05) is 13.1 Å². The summed E-state index contributed by atoms with van der Waals surface area (Å²) < 4.78 is 4.62. The molecule has 0 aliphatic heterocycles. The Bertz CT molecular complexity index is 342. The second-order valence-corrected chi connectivity index (χ2v) is 6.09. The third-order valence-corrected chi connectivity index (χ3v) is 4.27. The van der Waals surface area contributed by atoms with Gasteiger partial charge >= 0.3 is 0 Å². The topological polar surface area (TPSA) is 12.0 Å². The summed E-state index contributed by atoms with van der Waals surface area (Å²) >= 11 is 0. The van der Waals surface area contributed by atoms with Crippen molar-refractivity contribution in [3.05, 3.63) is 18.7 Å². The summed E-state index contributed by atoms with van der Waals surface area (Å²) in [6.07, 6.45) is 17.8. The SMILES string of the molecule is CCCCCCCCCCn1cc[n+](CN(CC)CC)c1. The number of nitrogens with zero attached hydrogens (tertiary/aromatic N) is 3. The van der Waals surface area contributed by atoms with E-state index in [0.29, 0.717) is 0 Å². The normalized spacial score (nSPS) is 11.4. The van der Waals surface area contributed by atoms with Crippen molar-refractivity contribution in [2.45, 2.75) is 85.4 Å². The lowest BCUT2D eigenvalue weighted by Gasteiger charge is -2.14. The number of rotatable bonds is 13. The molecule has 1 aromatic heterocycles. The molecule has 0 atom stereocenters. The lowest BCUT2D eigenvalue weighted by molar-refractivity contribution is -0.715. The summed E-state index contributed by atoms with van der Waals surface area (Å²) in [5.74, 6) is 0. The molecule has 0 unspecified atom stereocenters. The highest BCUT2D eigenvalue weighted by Gasteiger charge is 2.06. The van der Waals surface area contributed by atoms with Gasteiger partial charge in [0, 0.05) is 0 Å². The first-order chi connectivity index (χ1) is 10.3. The van der Waals surface area contributed by atoms with Crippen LogP contribution in [-0.2, 0) is 13.2 Å². The van der Waals surface area contributed by atoms with Gasteiger partial charge in [-0.2, -0.15) is 0 Å². The van der Waals surface area contributed by atoms with Gasteiger partial charge in [-0.05, 0) is 25.9 Å². The zero-order valence-corrected chi connectivity index (χ0v) is 14.6. The fourth-order valence-electron chi connectivity index (χ4n) is 2.74. The Kier molecular flexibility index (Phi) is 10.2. The third kappa shape index (κ3) is 8.25. The van der Waals surface area contributed by atoms with Gasteiger partial charge in [0.15, 0.2) is 0 Å². The molecule has 122 valence electrons. The van der Waals surface area contributed by atoms with E-state index in [1.165, 1.54) is 57.9 Å².